The molecule has 0 aliphatic carbocycles. The minimum atomic E-state index is -0.173. The highest BCUT2D eigenvalue weighted by molar-refractivity contribution is 5.34. The van der Waals surface area contributed by atoms with Crippen LogP contribution in [0.25, 0.3) is 0 Å². The lowest BCUT2D eigenvalue weighted by molar-refractivity contribution is -0.368. The Balaban J connectivity index is 0.00000180. The van der Waals surface area contributed by atoms with Gasteiger partial charge < -0.3 is 18.1 Å². The Morgan fingerprint density at radius 1 is 1.05 bits per heavy atom. The average Bonchev–Trinajstić information content (AvgIpc) is 2.37. The first-order chi connectivity index (χ1) is 8.70. The number of aryl methyl sites for hydroxylation is 1. The summed E-state index contributed by atoms with van der Waals surface area (Å²) >= 11 is 0. The second-order valence-electron chi connectivity index (χ2n) is 4.66. The SMILES string of the molecule is Cc1ccc(C(CC[NH3+])c2cccc(F)c2)cc1.[Cl-]. The molecule has 0 radical (unpaired) electrons. The van der Waals surface area contributed by atoms with Crippen LogP contribution in [0.1, 0.15) is 29.0 Å². The molecular weight excluding hydrogens is 261 g/mol. The maximum Gasteiger partial charge on any atom is 0.123 e. The summed E-state index contributed by atoms with van der Waals surface area (Å²) in [5.74, 6) is 0.0625. The lowest BCUT2D eigenvalue weighted by Crippen LogP contribution is -3.00. The predicted molar refractivity (Wildman–Crippen MR) is 71.8 cm³/mol. The molecule has 3 heteroatoms. The zero-order valence-electron chi connectivity index (χ0n) is 11.1. The van der Waals surface area contributed by atoms with Crippen LogP contribution in [0, 0.1) is 12.7 Å². The van der Waals surface area contributed by atoms with E-state index in [1.807, 2.05) is 6.07 Å². The van der Waals surface area contributed by atoms with Gasteiger partial charge in [-0.1, -0.05) is 42.0 Å². The van der Waals surface area contributed by atoms with Crippen molar-refractivity contribution in [2.45, 2.75) is 19.3 Å². The molecule has 0 aromatic heterocycles. The summed E-state index contributed by atoms with van der Waals surface area (Å²) in [6.45, 7) is 2.91. The second kappa shape index (κ2) is 7.27. The summed E-state index contributed by atoms with van der Waals surface area (Å²) in [7, 11) is 0. The molecule has 0 saturated heterocycles. The molecule has 102 valence electrons. The van der Waals surface area contributed by atoms with E-state index in [2.05, 4.69) is 36.9 Å². The summed E-state index contributed by atoms with van der Waals surface area (Å²) in [4.78, 5) is 0. The number of rotatable bonds is 4. The molecule has 2 aromatic carbocycles. The fourth-order valence-electron chi connectivity index (χ4n) is 2.25. The van der Waals surface area contributed by atoms with Crippen LogP contribution < -0.4 is 18.1 Å². The molecular formula is C16H19ClFN. The molecule has 0 aliphatic rings. The Kier molecular flexibility index (Phi) is 6.00. The van der Waals surface area contributed by atoms with Gasteiger partial charge in [-0.25, -0.2) is 4.39 Å². The van der Waals surface area contributed by atoms with Gasteiger partial charge in [-0.3, -0.25) is 0 Å². The third-order valence-electron chi connectivity index (χ3n) is 3.22. The largest absolute Gasteiger partial charge is 1.00 e. The smallest absolute Gasteiger partial charge is 0.123 e. The van der Waals surface area contributed by atoms with E-state index in [1.165, 1.54) is 17.2 Å². The zero-order valence-corrected chi connectivity index (χ0v) is 11.8. The average molecular weight is 280 g/mol. The van der Waals surface area contributed by atoms with Crippen LogP contribution in [-0.4, -0.2) is 6.54 Å². The normalized spacial score (nSPS) is 11.7. The Hall–Kier alpha value is -1.38. The van der Waals surface area contributed by atoms with Crippen molar-refractivity contribution in [3.8, 4) is 0 Å². The molecule has 1 atom stereocenters. The number of hydrogen-bond donors (Lipinski definition) is 1. The van der Waals surface area contributed by atoms with Crippen molar-refractivity contribution < 1.29 is 22.5 Å². The quantitative estimate of drug-likeness (QED) is 0.810. The highest BCUT2D eigenvalue weighted by Crippen LogP contribution is 2.28. The molecule has 0 bridgehead atoms. The zero-order chi connectivity index (χ0) is 13.0. The van der Waals surface area contributed by atoms with E-state index < -0.39 is 0 Å². The van der Waals surface area contributed by atoms with Crippen LogP contribution in [0.4, 0.5) is 4.39 Å². The van der Waals surface area contributed by atoms with E-state index >= 15 is 0 Å². The lowest BCUT2D eigenvalue weighted by atomic mass is 9.88. The number of halogens is 2. The van der Waals surface area contributed by atoms with Gasteiger partial charge in [-0.05, 0) is 30.2 Å². The van der Waals surface area contributed by atoms with E-state index in [1.54, 1.807) is 12.1 Å². The molecule has 0 spiro atoms. The van der Waals surface area contributed by atoms with Crippen molar-refractivity contribution in [1.82, 2.24) is 0 Å². The van der Waals surface area contributed by atoms with Crippen molar-refractivity contribution in [1.29, 1.82) is 0 Å². The van der Waals surface area contributed by atoms with Crippen LogP contribution in [0.15, 0.2) is 48.5 Å². The summed E-state index contributed by atoms with van der Waals surface area (Å²) in [5, 5.41) is 0. The van der Waals surface area contributed by atoms with Gasteiger partial charge in [0.15, 0.2) is 0 Å². The maximum absolute atomic E-state index is 13.3. The highest BCUT2D eigenvalue weighted by Gasteiger charge is 2.14. The first-order valence-electron chi connectivity index (χ1n) is 6.32. The third-order valence-corrected chi connectivity index (χ3v) is 3.22. The lowest BCUT2D eigenvalue weighted by Gasteiger charge is -2.16. The molecule has 0 amide bonds. The summed E-state index contributed by atoms with van der Waals surface area (Å²) in [6.07, 6.45) is 0.937. The van der Waals surface area contributed by atoms with Crippen LogP contribution in [0.2, 0.25) is 0 Å². The monoisotopic (exact) mass is 279 g/mol. The highest BCUT2D eigenvalue weighted by atomic mass is 35.5. The third kappa shape index (κ3) is 4.05. The topological polar surface area (TPSA) is 27.6 Å². The molecule has 1 unspecified atom stereocenters. The Morgan fingerprint density at radius 3 is 2.32 bits per heavy atom. The summed E-state index contributed by atoms with van der Waals surface area (Å²) < 4.78 is 13.3. The fraction of sp³-hybridized carbons (Fsp3) is 0.250. The van der Waals surface area contributed by atoms with E-state index in [0.717, 1.165) is 18.5 Å². The molecule has 2 aromatic rings. The van der Waals surface area contributed by atoms with Crippen LogP contribution in [0.3, 0.4) is 0 Å². The molecule has 2 rings (SSSR count). The van der Waals surface area contributed by atoms with Crippen LogP contribution in [-0.2, 0) is 0 Å². The number of hydrogen-bond acceptors (Lipinski definition) is 0. The molecule has 3 N–H and O–H groups in total. The predicted octanol–water partition coefficient (Wildman–Crippen LogP) is -0.0980. The van der Waals surface area contributed by atoms with Gasteiger partial charge in [0.2, 0.25) is 0 Å². The number of quaternary nitrogens is 1. The van der Waals surface area contributed by atoms with E-state index in [-0.39, 0.29) is 24.1 Å². The van der Waals surface area contributed by atoms with Gasteiger partial charge in [0.25, 0.3) is 0 Å². The van der Waals surface area contributed by atoms with E-state index in [9.17, 15) is 4.39 Å². The first-order valence-corrected chi connectivity index (χ1v) is 6.32. The van der Waals surface area contributed by atoms with Gasteiger partial charge in [0.1, 0.15) is 5.82 Å². The minimum Gasteiger partial charge on any atom is -1.00 e. The van der Waals surface area contributed by atoms with Crippen LogP contribution >= 0.6 is 0 Å². The van der Waals surface area contributed by atoms with Gasteiger partial charge in [0, 0.05) is 12.3 Å². The maximum atomic E-state index is 13.3. The fourth-order valence-corrected chi connectivity index (χ4v) is 2.25. The molecule has 1 nitrogen and oxygen atoms in total. The van der Waals surface area contributed by atoms with Gasteiger partial charge >= 0.3 is 0 Å². The second-order valence-corrected chi connectivity index (χ2v) is 4.66. The Morgan fingerprint density at radius 2 is 1.74 bits per heavy atom. The Bertz CT molecular complexity index is 510. The van der Waals surface area contributed by atoms with Crippen molar-refractivity contribution in [3.05, 3.63) is 71.0 Å². The Labute approximate surface area is 120 Å². The number of benzene rings is 2. The van der Waals surface area contributed by atoms with E-state index in [0.29, 0.717) is 0 Å². The molecule has 0 aliphatic heterocycles. The summed E-state index contributed by atoms with van der Waals surface area (Å²) in [6, 6.07) is 15.3. The minimum absolute atomic E-state index is 0. The van der Waals surface area contributed by atoms with Crippen LogP contribution in [0.5, 0.6) is 0 Å². The van der Waals surface area contributed by atoms with Gasteiger partial charge in [-0.2, -0.15) is 0 Å². The standard InChI is InChI=1S/C16H18FN.ClH/c1-12-5-7-13(8-6-12)16(9-10-18)14-3-2-4-15(17)11-14;/h2-8,11,16H,9-10,18H2,1H3;1H. The first kappa shape index (κ1) is 15.7. The van der Waals surface area contributed by atoms with Crippen molar-refractivity contribution in [2.24, 2.45) is 0 Å². The van der Waals surface area contributed by atoms with E-state index in [4.69, 9.17) is 0 Å². The molecule has 19 heavy (non-hydrogen) atoms. The summed E-state index contributed by atoms with van der Waals surface area (Å²) in [5.41, 5.74) is 7.43. The van der Waals surface area contributed by atoms with Gasteiger partial charge in [-0.15, -0.1) is 0 Å². The molecule has 0 saturated carbocycles. The van der Waals surface area contributed by atoms with Crippen molar-refractivity contribution in [3.63, 3.8) is 0 Å². The van der Waals surface area contributed by atoms with Crippen molar-refractivity contribution in [2.75, 3.05) is 6.54 Å². The molecule has 0 fully saturated rings. The van der Waals surface area contributed by atoms with Crippen molar-refractivity contribution >= 4 is 0 Å². The molecule has 0 heterocycles. The van der Waals surface area contributed by atoms with Gasteiger partial charge in [0.05, 0.1) is 6.54 Å².